The van der Waals surface area contributed by atoms with Crippen molar-refractivity contribution in [3.63, 3.8) is 0 Å². The van der Waals surface area contributed by atoms with Crippen LogP contribution in [0.15, 0.2) is 108 Å². The van der Waals surface area contributed by atoms with E-state index in [-0.39, 0.29) is 42.4 Å². The summed E-state index contributed by atoms with van der Waals surface area (Å²) in [5.74, 6) is 1.40. The molecule has 5 heterocycles. The lowest BCUT2D eigenvalue weighted by Gasteiger charge is -2.50. The number of carbonyl (C=O) groups excluding carboxylic acids is 2. The number of benzene rings is 4. The molecule has 4 saturated heterocycles. The summed E-state index contributed by atoms with van der Waals surface area (Å²) < 4.78 is 18.3. The smallest absolute Gasteiger partial charge is 0.320 e. The number of fused-ring (bicyclic) bond motifs is 4. The molecule has 58 heavy (non-hydrogen) atoms. The standard InChI is InChI=1S/C46H50N4O8/c51-39-17-15-37(38-16-18-42(53)48-43(38)39)40(52)26-47-21-4-5-24-56-36-10-6-7-31(25-36)28-57-35-13-11-33(12-14-35)44(54)50-29-46(30-50,34-8-2-1-3-9-34)45(55)58-41-27-49-22-19-32(41)20-23-49/h1-3,6-18,25,32,40-41,47,51-52H,4-5,19-24,26-30H2,(H,48,53). The molecular formula is C46H50N4O8. The highest BCUT2D eigenvalue weighted by atomic mass is 16.5. The number of piperidine rings is 3. The largest absolute Gasteiger partial charge is 0.506 e. The molecule has 2 atom stereocenters. The van der Waals surface area contributed by atoms with Gasteiger partial charge in [-0.1, -0.05) is 48.5 Å². The van der Waals surface area contributed by atoms with Crippen molar-refractivity contribution in [3.05, 3.63) is 136 Å². The first-order valence-electron chi connectivity index (χ1n) is 20.2. The minimum absolute atomic E-state index is 0.0371. The van der Waals surface area contributed by atoms with Crippen molar-refractivity contribution in [2.75, 3.05) is 52.4 Å². The van der Waals surface area contributed by atoms with Crippen LogP contribution in [0.1, 0.15) is 58.8 Å². The zero-order chi connectivity index (χ0) is 40.1. The molecule has 1 aromatic heterocycles. The Morgan fingerprint density at radius 3 is 2.43 bits per heavy atom. The van der Waals surface area contributed by atoms with E-state index in [1.165, 1.54) is 12.1 Å². The van der Waals surface area contributed by atoms with Crippen molar-refractivity contribution in [2.24, 2.45) is 5.92 Å². The number of hydrogen-bond donors (Lipinski definition) is 4. The highest BCUT2D eigenvalue weighted by Crippen LogP contribution is 2.39. The normalized spacial score (nSPS) is 19.9. The van der Waals surface area contributed by atoms with E-state index in [1.54, 1.807) is 41.3 Å². The average Bonchev–Trinajstić information content (AvgIpc) is 3.23. The SMILES string of the molecule is O=C(c1ccc(OCc2cccc(OCCCCNCC(O)c3ccc(O)c4[nH]c(=O)ccc34)c2)cc1)N1CC(C(=O)OC2CN3CCC2CC3)(c2ccccc2)C1. The second kappa shape index (κ2) is 17.4. The molecular weight excluding hydrogens is 737 g/mol. The molecule has 1 amide bonds. The summed E-state index contributed by atoms with van der Waals surface area (Å²) in [6.45, 7) is 5.37. The zero-order valence-electron chi connectivity index (χ0n) is 32.5. The van der Waals surface area contributed by atoms with Crippen LogP contribution in [0.2, 0.25) is 0 Å². The van der Waals surface area contributed by atoms with Gasteiger partial charge in [-0.15, -0.1) is 0 Å². The molecule has 9 rings (SSSR count). The fourth-order valence-corrected chi connectivity index (χ4v) is 8.44. The highest BCUT2D eigenvalue weighted by molar-refractivity contribution is 5.98. The molecule has 5 aromatic rings. The van der Waals surface area contributed by atoms with Gasteiger partial charge in [0, 0.05) is 43.2 Å². The second-order valence-electron chi connectivity index (χ2n) is 15.7. The van der Waals surface area contributed by atoms with Crippen LogP contribution in [0.25, 0.3) is 10.9 Å². The molecule has 4 aromatic carbocycles. The van der Waals surface area contributed by atoms with Gasteiger partial charge in [-0.2, -0.15) is 0 Å². The van der Waals surface area contributed by atoms with Crippen LogP contribution in [0.5, 0.6) is 17.2 Å². The maximum atomic E-state index is 13.8. The number of esters is 1. The first-order valence-corrected chi connectivity index (χ1v) is 20.2. The summed E-state index contributed by atoms with van der Waals surface area (Å²) in [5, 5.41) is 24.7. The minimum atomic E-state index is -0.871. The third kappa shape index (κ3) is 8.59. The number of amides is 1. The molecule has 0 radical (unpaired) electrons. The third-order valence-electron chi connectivity index (χ3n) is 11.8. The lowest BCUT2D eigenvalue weighted by Crippen LogP contribution is -2.66. The number of likely N-dealkylation sites (tertiary alicyclic amines) is 1. The number of aliphatic hydroxyl groups is 1. The van der Waals surface area contributed by atoms with E-state index >= 15 is 0 Å². The lowest BCUT2D eigenvalue weighted by molar-refractivity contribution is -0.171. The van der Waals surface area contributed by atoms with Crippen molar-refractivity contribution < 1.29 is 34.0 Å². The first kappa shape index (κ1) is 39.2. The van der Waals surface area contributed by atoms with E-state index in [0.29, 0.717) is 60.0 Å². The van der Waals surface area contributed by atoms with Gasteiger partial charge in [0.2, 0.25) is 5.56 Å². The van der Waals surface area contributed by atoms with Crippen LogP contribution >= 0.6 is 0 Å². The van der Waals surface area contributed by atoms with Crippen molar-refractivity contribution in [2.45, 2.75) is 49.9 Å². The summed E-state index contributed by atoms with van der Waals surface area (Å²) in [4.78, 5) is 45.8. The minimum Gasteiger partial charge on any atom is -0.506 e. The summed E-state index contributed by atoms with van der Waals surface area (Å²) >= 11 is 0. The third-order valence-corrected chi connectivity index (χ3v) is 11.8. The van der Waals surface area contributed by atoms with E-state index in [2.05, 4.69) is 15.2 Å². The summed E-state index contributed by atoms with van der Waals surface area (Å²) in [6, 6.07) is 30.7. The quantitative estimate of drug-likeness (QED) is 0.0764. The molecule has 4 N–H and O–H groups in total. The number of nitrogens with one attached hydrogen (secondary N) is 2. The number of ether oxygens (including phenoxy) is 3. The zero-order valence-corrected chi connectivity index (χ0v) is 32.5. The molecule has 4 fully saturated rings. The molecule has 12 nitrogen and oxygen atoms in total. The topological polar surface area (TPSA) is 154 Å². The number of phenols is 1. The van der Waals surface area contributed by atoms with Crippen molar-refractivity contribution in [1.82, 2.24) is 20.1 Å². The van der Waals surface area contributed by atoms with Gasteiger partial charge in [-0.05, 0) is 116 Å². The van der Waals surface area contributed by atoms with E-state index in [9.17, 15) is 24.6 Å². The monoisotopic (exact) mass is 786 g/mol. The number of aromatic amines is 1. The number of pyridine rings is 1. The van der Waals surface area contributed by atoms with Crippen molar-refractivity contribution in [1.29, 1.82) is 0 Å². The summed E-state index contributed by atoms with van der Waals surface area (Å²) in [5.41, 5.74) is 2.12. The number of rotatable bonds is 16. The Hall–Kier alpha value is -5.69. The van der Waals surface area contributed by atoms with Gasteiger partial charge < -0.3 is 39.6 Å². The van der Waals surface area contributed by atoms with Crippen LogP contribution in [-0.2, 0) is 21.6 Å². The molecule has 0 spiro atoms. The number of H-pyrrole nitrogens is 1. The van der Waals surface area contributed by atoms with Gasteiger partial charge in [-0.25, -0.2) is 0 Å². The Morgan fingerprint density at radius 1 is 0.879 bits per heavy atom. The van der Waals surface area contributed by atoms with Crippen molar-refractivity contribution >= 4 is 22.8 Å². The van der Waals surface area contributed by atoms with E-state index in [1.807, 2.05) is 54.6 Å². The Balaban J connectivity index is 0.766. The molecule has 0 saturated carbocycles. The van der Waals surface area contributed by atoms with E-state index in [4.69, 9.17) is 14.2 Å². The highest BCUT2D eigenvalue weighted by Gasteiger charge is 2.55. The van der Waals surface area contributed by atoms with Crippen LogP contribution in [0.3, 0.4) is 0 Å². The Labute approximate surface area is 337 Å². The van der Waals surface area contributed by atoms with Gasteiger partial charge in [0.25, 0.3) is 5.91 Å². The second-order valence-corrected chi connectivity index (χ2v) is 15.7. The van der Waals surface area contributed by atoms with Crippen LogP contribution in [0, 0.1) is 5.92 Å². The van der Waals surface area contributed by atoms with Gasteiger partial charge in [0.05, 0.1) is 18.2 Å². The number of phenolic OH excluding ortho intramolecular Hbond substituents is 1. The fraction of sp³-hybridized carbons (Fsp3) is 0.370. The van der Waals surface area contributed by atoms with Crippen molar-refractivity contribution in [3.8, 4) is 17.2 Å². The van der Waals surface area contributed by atoms with Gasteiger partial charge in [-0.3, -0.25) is 19.3 Å². The maximum Gasteiger partial charge on any atom is 0.320 e. The molecule has 4 aliphatic heterocycles. The van der Waals surface area contributed by atoms with E-state index < -0.39 is 11.5 Å². The van der Waals surface area contributed by atoms with Crippen LogP contribution in [-0.4, -0.2) is 95.4 Å². The van der Waals surface area contributed by atoms with Gasteiger partial charge in [0.1, 0.15) is 35.4 Å². The predicted molar refractivity (Wildman–Crippen MR) is 219 cm³/mol. The summed E-state index contributed by atoms with van der Waals surface area (Å²) in [6.07, 6.45) is 2.89. The number of aromatic hydroxyl groups is 1. The number of aromatic nitrogens is 1. The molecule has 12 heteroatoms. The number of carbonyl (C=O) groups is 2. The average molecular weight is 787 g/mol. The molecule has 0 aliphatic carbocycles. The van der Waals surface area contributed by atoms with E-state index in [0.717, 1.165) is 62.2 Å². The lowest BCUT2D eigenvalue weighted by atomic mass is 9.73. The Bertz CT molecular complexity index is 2270. The van der Waals surface area contributed by atoms with Gasteiger partial charge >= 0.3 is 5.97 Å². The number of aliphatic hydroxyl groups excluding tert-OH is 1. The fourth-order valence-electron chi connectivity index (χ4n) is 8.44. The number of hydrogen-bond acceptors (Lipinski definition) is 10. The van der Waals surface area contributed by atoms with Crippen LogP contribution in [0.4, 0.5) is 0 Å². The Kier molecular flexibility index (Phi) is 11.8. The maximum absolute atomic E-state index is 13.8. The van der Waals surface area contributed by atoms with Gasteiger partial charge in [0.15, 0.2) is 0 Å². The number of nitrogens with zero attached hydrogens (tertiary/aromatic N) is 2. The predicted octanol–water partition coefficient (Wildman–Crippen LogP) is 5.33. The molecule has 4 aliphatic rings. The molecule has 2 unspecified atom stereocenters. The number of unbranched alkanes of at least 4 members (excludes halogenated alkanes) is 1. The molecule has 302 valence electrons. The Morgan fingerprint density at radius 2 is 1.67 bits per heavy atom. The van der Waals surface area contributed by atoms with Crippen LogP contribution < -0.4 is 20.3 Å². The first-order chi connectivity index (χ1) is 28.3. The summed E-state index contributed by atoms with van der Waals surface area (Å²) in [7, 11) is 0. The molecule has 2 bridgehead atoms.